The first-order valence-corrected chi connectivity index (χ1v) is 10.6. The van der Waals surface area contributed by atoms with Crippen molar-refractivity contribution in [1.82, 2.24) is 9.78 Å². The van der Waals surface area contributed by atoms with Crippen LogP contribution in [0.5, 0.6) is 0 Å². The third-order valence-corrected chi connectivity index (χ3v) is 6.07. The average molecular weight is 389 g/mol. The molecule has 1 saturated carbocycles. The minimum Gasteiger partial charge on any atom is -0.395 e. The molecule has 1 N–H and O–H groups in total. The third kappa shape index (κ3) is 3.01. The lowest BCUT2D eigenvalue weighted by molar-refractivity contribution is 0.174. The van der Waals surface area contributed by atoms with Gasteiger partial charge >= 0.3 is 5.56 Å². The Bertz CT molecular complexity index is 1190. The van der Waals surface area contributed by atoms with Crippen LogP contribution in [0.25, 0.3) is 11.1 Å². The minimum absolute atomic E-state index is 0.0634. The van der Waals surface area contributed by atoms with Gasteiger partial charge in [-0.2, -0.15) is 0 Å². The average Bonchev–Trinajstić information content (AvgIpc) is 3.30. The monoisotopic (exact) mass is 389 g/mol. The third-order valence-electron chi connectivity index (χ3n) is 4.93. The molecule has 27 heavy (non-hydrogen) atoms. The van der Waals surface area contributed by atoms with Crippen LogP contribution in [0.4, 0.5) is 0 Å². The highest BCUT2D eigenvalue weighted by molar-refractivity contribution is 7.90. The van der Waals surface area contributed by atoms with E-state index in [0.717, 1.165) is 19.1 Å². The number of hydrogen-bond acceptors (Lipinski definition) is 6. The van der Waals surface area contributed by atoms with Crippen LogP contribution < -0.4 is 11.0 Å². The molecule has 2 aromatic rings. The van der Waals surface area contributed by atoms with Gasteiger partial charge in [-0.15, -0.1) is 0 Å². The Morgan fingerprint density at radius 2 is 1.96 bits per heavy atom. The second kappa shape index (κ2) is 6.19. The summed E-state index contributed by atoms with van der Waals surface area (Å²) in [7, 11) is -3.51. The van der Waals surface area contributed by atoms with E-state index in [0.29, 0.717) is 35.4 Å². The SMILES string of the molecule is Cc1c(-c2c[nH]n(C3CC3)c(=O)c2=O)ccc(S(C)(=O)=O)c1C1=NOCC1. The van der Waals surface area contributed by atoms with Crippen LogP contribution in [0.1, 0.15) is 36.4 Å². The number of hydrogen-bond donors (Lipinski definition) is 1. The summed E-state index contributed by atoms with van der Waals surface area (Å²) < 4.78 is 25.8. The molecule has 2 aliphatic rings. The molecule has 0 saturated heterocycles. The largest absolute Gasteiger partial charge is 0.395 e. The lowest BCUT2D eigenvalue weighted by Gasteiger charge is -2.15. The van der Waals surface area contributed by atoms with Crippen LogP contribution in [0.3, 0.4) is 0 Å². The molecule has 1 aliphatic heterocycles. The van der Waals surface area contributed by atoms with Crippen LogP contribution in [-0.4, -0.2) is 36.8 Å². The molecule has 1 fully saturated rings. The number of sulfone groups is 1. The molecule has 0 atom stereocenters. The van der Waals surface area contributed by atoms with Crippen molar-refractivity contribution >= 4 is 15.5 Å². The van der Waals surface area contributed by atoms with Gasteiger partial charge in [-0.25, -0.2) is 13.1 Å². The fourth-order valence-electron chi connectivity index (χ4n) is 3.42. The second-order valence-electron chi connectivity index (χ2n) is 6.93. The summed E-state index contributed by atoms with van der Waals surface area (Å²) in [5, 5.41) is 6.86. The first kappa shape index (κ1) is 17.7. The van der Waals surface area contributed by atoms with E-state index in [1.807, 2.05) is 0 Å². The molecule has 0 spiro atoms. The smallest absolute Gasteiger partial charge is 0.313 e. The maximum Gasteiger partial charge on any atom is 0.313 e. The van der Waals surface area contributed by atoms with E-state index in [-0.39, 0.29) is 16.5 Å². The predicted octanol–water partition coefficient (Wildman–Crippen LogP) is 1.37. The summed E-state index contributed by atoms with van der Waals surface area (Å²) in [6.07, 6.45) is 4.88. The van der Waals surface area contributed by atoms with Crippen molar-refractivity contribution in [3.63, 3.8) is 0 Å². The molecule has 9 heteroatoms. The molecule has 1 aromatic heterocycles. The molecule has 142 valence electrons. The molecule has 2 heterocycles. The number of H-pyrrole nitrogens is 1. The molecular weight excluding hydrogens is 370 g/mol. The van der Waals surface area contributed by atoms with Crippen molar-refractivity contribution in [2.24, 2.45) is 5.16 Å². The van der Waals surface area contributed by atoms with Crippen molar-refractivity contribution < 1.29 is 13.3 Å². The van der Waals surface area contributed by atoms with Crippen molar-refractivity contribution in [3.05, 3.63) is 50.0 Å². The van der Waals surface area contributed by atoms with Gasteiger partial charge in [0, 0.05) is 24.4 Å². The van der Waals surface area contributed by atoms with Gasteiger partial charge in [0.05, 0.1) is 22.2 Å². The first-order valence-electron chi connectivity index (χ1n) is 8.66. The van der Waals surface area contributed by atoms with Crippen LogP contribution in [0.15, 0.2) is 38.0 Å². The summed E-state index contributed by atoms with van der Waals surface area (Å²) in [5.41, 5.74) is 1.08. The topological polar surface area (TPSA) is 111 Å². The standard InChI is InChI=1S/C18H19N3O5S/c1-10-12(13-9-19-21(11-3-4-11)18(23)17(13)22)5-6-15(27(2,24)25)16(10)14-7-8-26-20-14/h5-6,9,11,19H,3-4,7-8H2,1-2H3. The molecule has 0 unspecified atom stereocenters. The summed E-state index contributed by atoms with van der Waals surface area (Å²) in [4.78, 5) is 30.2. The zero-order chi connectivity index (χ0) is 19.3. The van der Waals surface area contributed by atoms with Crippen molar-refractivity contribution in [2.75, 3.05) is 12.9 Å². The molecule has 0 bridgehead atoms. The summed E-state index contributed by atoms with van der Waals surface area (Å²) in [5.74, 6) is 0. The Morgan fingerprint density at radius 1 is 1.22 bits per heavy atom. The fraction of sp³-hybridized carbons (Fsp3) is 0.389. The van der Waals surface area contributed by atoms with Crippen molar-refractivity contribution in [3.8, 4) is 11.1 Å². The van der Waals surface area contributed by atoms with Gasteiger partial charge in [-0.3, -0.25) is 9.59 Å². The van der Waals surface area contributed by atoms with Gasteiger partial charge in [0.2, 0.25) is 0 Å². The quantitative estimate of drug-likeness (QED) is 0.794. The van der Waals surface area contributed by atoms with E-state index in [1.54, 1.807) is 13.0 Å². The predicted molar refractivity (Wildman–Crippen MR) is 100.0 cm³/mol. The van der Waals surface area contributed by atoms with Gasteiger partial charge < -0.3 is 9.94 Å². The Morgan fingerprint density at radius 3 is 2.56 bits per heavy atom. The Kier molecular flexibility index (Phi) is 4.06. The molecule has 1 aliphatic carbocycles. The van der Waals surface area contributed by atoms with Crippen LogP contribution in [0, 0.1) is 6.92 Å². The minimum atomic E-state index is -3.51. The van der Waals surface area contributed by atoms with Gasteiger partial charge in [-0.1, -0.05) is 11.2 Å². The zero-order valence-corrected chi connectivity index (χ0v) is 15.8. The van der Waals surface area contributed by atoms with Gasteiger partial charge in [0.15, 0.2) is 9.84 Å². The molecule has 0 amide bonds. The van der Waals surface area contributed by atoms with Crippen molar-refractivity contribution in [1.29, 1.82) is 0 Å². The second-order valence-corrected chi connectivity index (χ2v) is 8.91. The van der Waals surface area contributed by atoms with E-state index in [4.69, 9.17) is 4.84 Å². The number of nitrogens with zero attached hydrogens (tertiary/aromatic N) is 2. The normalized spacial score (nSPS) is 16.9. The van der Waals surface area contributed by atoms with E-state index in [9.17, 15) is 18.0 Å². The lowest BCUT2D eigenvalue weighted by atomic mass is 9.94. The van der Waals surface area contributed by atoms with Crippen LogP contribution >= 0.6 is 0 Å². The summed E-state index contributed by atoms with van der Waals surface area (Å²) in [6.45, 7) is 2.10. The molecule has 1 aromatic carbocycles. The van der Waals surface area contributed by atoms with Gasteiger partial charge in [0.1, 0.15) is 6.61 Å². The Labute approximate surface area is 155 Å². The molecule has 8 nitrogen and oxygen atoms in total. The van der Waals surface area contributed by atoms with Crippen LogP contribution in [0.2, 0.25) is 0 Å². The van der Waals surface area contributed by atoms with Gasteiger partial charge in [0.25, 0.3) is 5.43 Å². The first-order chi connectivity index (χ1) is 12.8. The highest BCUT2D eigenvalue weighted by Gasteiger charge is 2.28. The number of rotatable bonds is 4. The highest BCUT2D eigenvalue weighted by atomic mass is 32.2. The molecule has 0 radical (unpaired) electrons. The number of aromatic nitrogens is 2. The Balaban J connectivity index is 1.95. The summed E-state index contributed by atoms with van der Waals surface area (Å²) in [6, 6.07) is 3.09. The number of benzene rings is 1. The van der Waals surface area contributed by atoms with Gasteiger partial charge in [-0.05, 0) is 37.0 Å². The Hall–Kier alpha value is -2.68. The number of oxime groups is 1. The maximum absolute atomic E-state index is 12.7. The number of nitrogens with one attached hydrogen (secondary N) is 1. The van der Waals surface area contributed by atoms with E-state index in [1.165, 1.54) is 16.9 Å². The summed E-state index contributed by atoms with van der Waals surface area (Å²) >= 11 is 0. The van der Waals surface area contributed by atoms with E-state index < -0.39 is 20.8 Å². The molecule has 4 rings (SSSR count). The number of aromatic amines is 1. The van der Waals surface area contributed by atoms with E-state index >= 15 is 0 Å². The lowest BCUT2D eigenvalue weighted by Crippen LogP contribution is -2.36. The highest BCUT2D eigenvalue weighted by Crippen LogP contribution is 2.33. The van der Waals surface area contributed by atoms with E-state index in [2.05, 4.69) is 10.3 Å². The molecular formula is C18H19N3O5S. The fourth-order valence-corrected chi connectivity index (χ4v) is 4.37. The zero-order valence-electron chi connectivity index (χ0n) is 15.0. The van der Waals surface area contributed by atoms with Crippen LogP contribution in [-0.2, 0) is 14.7 Å². The van der Waals surface area contributed by atoms with Crippen molar-refractivity contribution in [2.45, 2.75) is 37.1 Å². The maximum atomic E-state index is 12.7.